The fraction of sp³-hybridized carbons (Fsp3) is 1.00. The zero-order valence-corrected chi connectivity index (χ0v) is 11.7. The highest BCUT2D eigenvalue weighted by Crippen LogP contribution is 2.04. The van der Waals surface area contributed by atoms with E-state index in [9.17, 15) is 4.21 Å². The van der Waals surface area contributed by atoms with E-state index in [0.717, 1.165) is 6.42 Å². The molecule has 0 spiro atoms. The molecule has 0 aromatic rings. The van der Waals surface area contributed by atoms with E-state index >= 15 is 0 Å². The highest BCUT2D eigenvalue weighted by Gasteiger charge is 2.02. The number of hydrogen-bond donors (Lipinski definition) is 2. The van der Waals surface area contributed by atoms with Crippen LogP contribution in [0.3, 0.4) is 0 Å². The van der Waals surface area contributed by atoms with Gasteiger partial charge in [-0.25, -0.2) is 0 Å². The summed E-state index contributed by atoms with van der Waals surface area (Å²) in [4.78, 5) is 0. The second-order valence-corrected chi connectivity index (χ2v) is 6.31. The molecule has 0 saturated heterocycles. The van der Waals surface area contributed by atoms with Crippen molar-refractivity contribution in [3.8, 4) is 0 Å². The van der Waals surface area contributed by atoms with E-state index in [4.69, 9.17) is 4.55 Å². The summed E-state index contributed by atoms with van der Waals surface area (Å²) in [6.07, 6.45) is 6.16. The van der Waals surface area contributed by atoms with Crippen LogP contribution < -0.4 is 5.32 Å². The van der Waals surface area contributed by atoms with Crippen LogP contribution in [-0.4, -0.2) is 28.0 Å². The molecule has 0 aliphatic carbocycles. The molecule has 0 aromatic heterocycles. The van der Waals surface area contributed by atoms with Gasteiger partial charge in [0.15, 0.2) is 0 Å². The minimum Gasteiger partial charge on any atom is -0.312 e. The van der Waals surface area contributed by atoms with Crippen LogP contribution in [0.25, 0.3) is 0 Å². The first-order chi connectivity index (χ1) is 7.45. The first-order valence-electron chi connectivity index (χ1n) is 5.81. The van der Waals surface area contributed by atoms with Crippen LogP contribution in [0, 0.1) is 0 Å². The van der Waals surface area contributed by atoms with Crippen molar-refractivity contribution in [2.24, 2.45) is 0 Å². The summed E-state index contributed by atoms with van der Waals surface area (Å²) in [6.45, 7) is 5.04. The van der Waals surface area contributed by atoms with Gasteiger partial charge < -0.3 is 5.32 Å². The van der Waals surface area contributed by atoms with Crippen LogP contribution in [-0.2, 0) is 24.4 Å². The zero-order chi connectivity index (χ0) is 12.4. The van der Waals surface area contributed by atoms with Crippen molar-refractivity contribution in [1.82, 2.24) is 5.32 Å². The Bertz CT molecular complexity index is 255. The molecule has 0 aliphatic rings. The predicted octanol–water partition coefficient (Wildman–Crippen LogP) is 2.09. The van der Waals surface area contributed by atoms with Crippen LogP contribution in [0.5, 0.6) is 0 Å². The molecule has 0 fully saturated rings. The van der Waals surface area contributed by atoms with E-state index in [-0.39, 0.29) is 6.61 Å². The SMILES string of the molecule is CCCCCC[C@H](C)NCCOS(=O)(O)=S. The maximum absolute atomic E-state index is 10.6. The Morgan fingerprint density at radius 2 is 2.12 bits per heavy atom. The number of rotatable bonds is 10. The van der Waals surface area contributed by atoms with E-state index in [0.29, 0.717) is 12.6 Å². The Morgan fingerprint density at radius 1 is 1.44 bits per heavy atom. The molecule has 0 bridgehead atoms. The molecule has 16 heavy (non-hydrogen) atoms. The van der Waals surface area contributed by atoms with Crippen molar-refractivity contribution in [1.29, 1.82) is 0 Å². The Kier molecular flexibility index (Phi) is 9.44. The molecule has 0 rings (SSSR count). The third-order valence-corrected chi connectivity index (χ3v) is 3.07. The average Bonchev–Trinajstić information content (AvgIpc) is 2.18. The standard InChI is InChI=1S/C10H23NO3S2/c1-3-4-5-6-7-10(2)11-8-9-14-16(12,13)15/h10-11H,3-9H2,1-2H3,(H,12,13,15)/t10-/m0/s1. The average molecular weight is 269 g/mol. The van der Waals surface area contributed by atoms with Crippen molar-refractivity contribution in [3.05, 3.63) is 0 Å². The smallest absolute Gasteiger partial charge is 0.266 e. The lowest BCUT2D eigenvalue weighted by molar-refractivity contribution is 0.294. The van der Waals surface area contributed by atoms with Crippen molar-refractivity contribution >= 4 is 20.2 Å². The summed E-state index contributed by atoms with van der Waals surface area (Å²) < 4.78 is 23.8. The lowest BCUT2D eigenvalue weighted by Gasteiger charge is -2.13. The maximum Gasteiger partial charge on any atom is 0.266 e. The lowest BCUT2D eigenvalue weighted by Crippen LogP contribution is -2.29. The predicted molar refractivity (Wildman–Crippen MR) is 70.3 cm³/mol. The van der Waals surface area contributed by atoms with Crippen molar-refractivity contribution in [3.63, 3.8) is 0 Å². The molecule has 6 heteroatoms. The lowest BCUT2D eigenvalue weighted by atomic mass is 10.1. The van der Waals surface area contributed by atoms with Gasteiger partial charge in [0.25, 0.3) is 9.05 Å². The zero-order valence-electron chi connectivity index (χ0n) is 10.1. The van der Waals surface area contributed by atoms with Crippen LogP contribution in [0.4, 0.5) is 0 Å². The van der Waals surface area contributed by atoms with Gasteiger partial charge >= 0.3 is 0 Å². The molecule has 4 nitrogen and oxygen atoms in total. The molecule has 98 valence electrons. The summed E-state index contributed by atoms with van der Waals surface area (Å²) >= 11 is 4.20. The van der Waals surface area contributed by atoms with Crippen molar-refractivity contribution in [2.45, 2.75) is 52.0 Å². The largest absolute Gasteiger partial charge is 0.312 e. The Hall–Kier alpha value is 0.250. The monoisotopic (exact) mass is 269 g/mol. The number of hydrogen-bond acceptors (Lipinski definition) is 4. The highest BCUT2D eigenvalue weighted by molar-refractivity contribution is 8.27. The van der Waals surface area contributed by atoms with Gasteiger partial charge in [-0.15, -0.1) is 0 Å². The molecule has 1 unspecified atom stereocenters. The summed E-state index contributed by atoms with van der Waals surface area (Å²) in [7, 11) is -3.45. The van der Waals surface area contributed by atoms with Gasteiger partial charge in [0, 0.05) is 23.8 Å². The summed E-state index contributed by atoms with van der Waals surface area (Å²) in [5, 5.41) is 3.22. The molecule has 0 aromatic carbocycles. The second-order valence-electron chi connectivity index (χ2n) is 3.95. The first kappa shape index (κ1) is 16.2. The van der Waals surface area contributed by atoms with Crippen molar-refractivity contribution < 1.29 is 12.9 Å². The molecule has 0 aliphatic heterocycles. The molecule has 2 N–H and O–H groups in total. The van der Waals surface area contributed by atoms with E-state index in [2.05, 4.69) is 34.5 Å². The summed E-state index contributed by atoms with van der Waals surface area (Å²) in [6, 6.07) is 0.417. The first-order valence-corrected chi connectivity index (χ1v) is 8.17. The quantitative estimate of drug-likeness (QED) is 0.595. The normalized spacial score (nSPS) is 16.9. The van der Waals surface area contributed by atoms with Gasteiger partial charge in [-0.3, -0.25) is 8.74 Å². The van der Waals surface area contributed by atoms with E-state index in [1.165, 1.54) is 25.7 Å². The third-order valence-electron chi connectivity index (χ3n) is 2.32. The number of unbranched alkanes of at least 4 members (excludes halogenated alkanes) is 3. The Labute approximate surface area is 104 Å². The van der Waals surface area contributed by atoms with Gasteiger partial charge in [0.1, 0.15) is 0 Å². The minimum absolute atomic E-state index is 0.179. The molecule has 0 amide bonds. The van der Waals surface area contributed by atoms with Gasteiger partial charge in [-0.1, -0.05) is 32.6 Å². The molecule has 2 atom stereocenters. The van der Waals surface area contributed by atoms with Crippen LogP contribution in [0.1, 0.15) is 46.0 Å². The van der Waals surface area contributed by atoms with E-state index in [1.807, 2.05) is 0 Å². The van der Waals surface area contributed by atoms with Crippen LogP contribution >= 0.6 is 0 Å². The molecule has 0 heterocycles. The minimum atomic E-state index is -3.45. The van der Waals surface area contributed by atoms with E-state index < -0.39 is 9.05 Å². The third kappa shape index (κ3) is 12.3. The number of nitrogens with one attached hydrogen (secondary N) is 1. The fourth-order valence-corrected chi connectivity index (χ4v) is 1.93. The second kappa shape index (κ2) is 9.30. The summed E-state index contributed by atoms with van der Waals surface area (Å²) in [5.74, 6) is 0. The maximum atomic E-state index is 10.6. The van der Waals surface area contributed by atoms with Gasteiger partial charge in [0.05, 0.1) is 6.61 Å². The van der Waals surface area contributed by atoms with Crippen LogP contribution in [0.15, 0.2) is 0 Å². The molecule has 0 radical (unpaired) electrons. The van der Waals surface area contributed by atoms with Gasteiger partial charge in [-0.2, -0.15) is 4.21 Å². The molecular weight excluding hydrogens is 246 g/mol. The fourth-order valence-electron chi connectivity index (χ4n) is 1.43. The van der Waals surface area contributed by atoms with Gasteiger partial charge in [-0.05, 0) is 13.3 Å². The summed E-state index contributed by atoms with van der Waals surface area (Å²) in [5.41, 5.74) is 0. The van der Waals surface area contributed by atoms with Gasteiger partial charge in [0.2, 0.25) is 0 Å². The molecular formula is C10H23NO3S2. The Morgan fingerprint density at radius 3 is 2.69 bits per heavy atom. The highest BCUT2D eigenvalue weighted by atomic mass is 32.9. The topological polar surface area (TPSA) is 58.6 Å². The molecule has 0 saturated carbocycles. The van der Waals surface area contributed by atoms with Crippen molar-refractivity contribution in [2.75, 3.05) is 13.2 Å². The Balaban J connectivity index is 3.33. The van der Waals surface area contributed by atoms with E-state index in [1.54, 1.807) is 0 Å². The van der Waals surface area contributed by atoms with Crippen LogP contribution in [0.2, 0.25) is 0 Å².